The van der Waals surface area contributed by atoms with Crippen molar-refractivity contribution in [2.75, 3.05) is 19.0 Å². The van der Waals surface area contributed by atoms with Gasteiger partial charge >= 0.3 is 0 Å². The molecular weight excluding hydrogens is 390 g/mol. The van der Waals surface area contributed by atoms with Crippen LogP contribution in [0.3, 0.4) is 0 Å². The molecule has 2 heterocycles. The molecular formula is C25H33N3O3. The number of ether oxygens (including phenoxy) is 1. The van der Waals surface area contributed by atoms with E-state index in [1.54, 1.807) is 12.0 Å². The minimum absolute atomic E-state index is 0.0254. The van der Waals surface area contributed by atoms with Crippen molar-refractivity contribution in [1.82, 2.24) is 9.47 Å². The fourth-order valence-corrected chi connectivity index (χ4v) is 5.23. The summed E-state index contributed by atoms with van der Waals surface area (Å²) in [6, 6.07) is 9.32. The molecule has 2 fully saturated rings. The number of carbonyl (C=O) groups is 2. The second-order valence-corrected chi connectivity index (χ2v) is 8.82. The van der Waals surface area contributed by atoms with Gasteiger partial charge in [-0.25, -0.2) is 0 Å². The zero-order chi connectivity index (χ0) is 22.0. The molecule has 166 valence electrons. The second kappa shape index (κ2) is 9.16. The van der Waals surface area contributed by atoms with Gasteiger partial charge in [0.2, 0.25) is 5.91 Å². The average Bonchev–Trinajstić information content (AvgIpc) is 3.39. The van der Waals surface area contributed by atoms with Crippen LogP contribution in [0.4, 0.5) is 5.69 Å². The third-order valence-corrected chi connectivity index (χ3v) is 6.83. The van der Waals surface area contributed by atoms with E-state index in [2.05, 4.69) is 23.7 Å². The van der Waals surface area contributed by atoms with Crippen LogP contribution in [0.25, 0.3) is 0 Å². The van der Waals surface area contributed by atoms with Crippen LogP contribution in [0, 0.1) is 13.8 Å². The molecule has 1 N–H and O–H groups in total. The molecule has 2 aromatic rings. The Morgan fingerprint density at radius 3 is 2.39 bits per heavy atom. The number of aromatic nitrogens is 1. The summed E-state index contributed by atoms with van der Waals surface area (Å²) >= 11 is 0. The van der Waals surface area contributed by atoms with Crippen LogP contribution in [0.15, 0.2) is 30.3 Å². The van der Waals surface area contributed by atoms with Crippen LogP contribution < -0.4 is 10.1 Å². The van der Waals surface area contributed by atoms with Crippen molar-refractivity contribution in [3.8, 4) is 5.75 Å². The number of hydrogen-bond acceptors (Lipinski definition) is 3. The molecule has 0 spiro atoms. The first-order chi connectivity index (χ1) is 15.0. The van der Waals surface area contributed by atoms with Gasteiger partial charge in [-0.15, -0.1) is 0 Å². The van der Waals surface area contributed by atoms with Crippen LogP contribution in [-0.4, -0.2) is 41.0 Å². The molecule has 2 aliphatic rings. The van der Waals surface area contributed by atoms with Gasteiger partial charge in [-0.3, -0.25) is 9.59 Å². The molecule has 1 saturated carbocycles. The van der Waals surface area contributed by atoms with Crippen molar-refractivity contribution >= 4 is 17.5 Å². The van der Waals surface area contributed by atoms with E-state index in [-0.39, 0.29) is 11.8 Å². The highest BCUT2D eigenvalue weighted by atomic mass is 16.5. The predicted octanol–water partition coefficient (Wildman–Crippen LogP) is 4.86. The average molecular weight is 424 g/mol. The summed E-state index contributed by atoms with van der Waals surface area (Å²) < 4.78 is 7.53. The molecule has 6 nitrogen and oxygen atoms in total. The Labute approximate surface area is 184 Å². The highest BCUT2D eigenvalue weighted by Crippen LogP contribution is 2.33. The largest absolute Gasteiger partial charge is 0.497 e. The number of methoxy groups -OCH3 is 1. The number of aryl methyl sites for hydroxylation is 1. The standard InChI is InChI=1S/C25H33N3O3/c1-17-16-22(18(2)28(17)20-8-5-4-6-9-20)25(30)27-15-7-10-23(27)24(29)26-19-11-13-21(31-3)14-12-19/h11-14,16,20,23H,4-10,15H2,1-3H3,(H,26,29). The van der Waals surface area contributed by atoms with Gasteiger partial charge in [-0.1, -0.05) is 19.3 Å². The SMILES string of the molecule is COc1ccc(NC(=O)C2CCCN2C(=O)c2cc(C)n(C3CCCCC3)c2C)cc1. The third kappa shape index (κ3) is 4.34. The summed E-state index contributed by atoms with van der Waals surface area (Å²) in [6.07, 6.45) is 7.71. The van der Waals surface area contributed by atoms with Crippen molar-refractivity contribution in [2.45, 2.75) is 70.9 Å². The van der Waals surface area contributed by atoms with Crippen molar-refractivity contribution in [3.05, 3.63) is 47.3 Å². The van der Waals surface area contributed by atoms with Crippen molar-refractivity contribution in [1.29, 1.82) is 0 Å². The van der Waals surface area contributed by atoms with Gasteiger partial charge in [0.05, 0.1) is 12.7 Å². The molecule has 6 heteroatoms. The fourth-order valence-electron chi connectivity index (χ4n) is 5.23. The quantitative estimate of drug-likeness (QED) is 0.747. The number of nitrogens with one attached hydrogen (secondary N) is 1. The van der Waals surface area contributed by atoms with E-state index in [1.807, 2.05) is 30.3 Å². The molecule has 1 aliphatic heterocycles. The zero-order valence-electron chi connectivity index (χ0n) is 18.8. The molecule has 0 bridgehead atoms. The summed E-state index contributed by atoms with van der Waals surface area (Å²) in [5, 5.41) is 2.96. The van der Waals surface area contributed by atoms with Crippen LogP contribution in [0.5, 0.6) is 5.75 Å². The van der Waals surface area contributed by atoms with Crippen molar-refractivity contribution in [2.24, 2.45) is 0 Å². The van der Waals surface area contributed by atoms with Gasteiger partial charge in [0, 0.05) is 29.7 Å². The number of hydrogen-bond donors (Lipinski definition) is 1. The minimum atomic E-state index is -0.438. The van der Waals surface area contributed by atoms with E-state index in [0.29, 0.717) is 24.7 Å². The smallest absolute Gasteiger partial charge is 0.256 e. The first-order valence-corrected chi connectivity index (χ1v) is 11.4. The molecule has 1 aliphatic carbocycles. The van der Waals surface area contributed by atoms with E-state index in [9.17, 15) is 9.59 Å². The normalized spacial score (nSPS) is 19.5. The van der Waals surface area contributed by atoms with Crippen LogP contribution >= 0.6 is 0 Å². The topological polar surface area (TPSA) is 63.6 Å². The van der Waals surface area contributed by atoms with E-state index in [1.165, 1.54) is 32.1 Å². The van der Waals surface area contributed by atoms with Gasteiger partial charge in [-0.2, -0.15) is 0 Å². The number of carbonyl (C=O) groups excluding carboxylic acids is 2. The minimum Gasteiger partial charge on any atom is -0.497 e. The Hall–Kier alpha value is -2.76. The zero-order valence-corrected chi connectivity index (χ0v) is 18.8. The summed E-state index contributed by atoms with van der Waals surface area (Å²) in [6.45, 7) is 4.76. The molecule has 1 atom stereocenters. The number of benzene rings is 1. The lowest BCUT2D eigenvalue weighted by Gasteiger charge is -2.27. The Bertz CT molecular complexity index is 942. The van der Waals surface area contributed by atoms with Gasteiger partial charge in [0.15, 0.2) is 0 Å². The Balaban J connectivity index is 1.50. The first-order valence-electron chi connectivity index (χ1n) is 11.4. The molecule has 1 unspecified atom stereocenters. The van der Waals surface area contributed by atoms with E-state index in [0.717, 1.165) is 29.1 Å². The van der Waals surface area contributed by atoms with E-state index < -0.39 is 6.04 Å². The molecule has 31 heavy (non-hydrogen) atoms. The number of rotatable bonds is 5. The van der Waals surface area contributed by atoms with Crippen molar-refractivity contribution < 1.29 is 14.3 Å². The summed E-state index contributed by atoms with van der Waals surface area (Å²) in [5.41, 5.74) is 3.63. The van der Waals surface area contributed by atoms with E-state index >= 15 is 0 Å². The summed E-state index contributed by atoms with van der Waals surface area (Å²) in [7, 11) is 1.61. The maximum absolute atomic E-state index is 13.5. The molecule has 4 rings (SSSR count). The maximum atomic E-state index is 13.5. The molecule has 1 saturated heterocycles. The number of likely N-dealkylation sites (tertiary alicyclic amines) is 1. The lowest BCUT2D eigenvalue weighted by molar-refractivity contribution is -0.119. The van der Waals surface area contributed by atoms with Gasteiger partial charge in [0.25, 0.3) is 5.91 Å². The molecule has 0 radical (unpaired) electrons. The number of nitrogens with zero attached hydrogens (tertiary/aromatic N) is 2. The van der Waals surface area contributed by atoms with Gasteiger partial charge in [0.1, 0.15) is 11.8 Å². The van der Waals surface area contributed by atoms with Crippen LogP contribution in [-0.2, 0) is 4.79 Å². The number of amides is 2. The monoisotopic (exact) mass is 423 g/mol. The second-order valence-electron chi connectivity index (χ2n) is 8.82. The van der Waals surface area contributed by atoms with Crippen LogP contribution in [0.2, 0.25) is 0 Å². The van der Waals surface area contributed by atoms with Crippen molar-refractivity contribution in [3.63, 3.8) is 0 Å². The van der Waals surface area contributed by atoms with Gasteiger partial charge in [-0.05, 0) is 69.9 Å². The molecule has 2 amide bonds. The lowest BCUT2D eigenvalue weighted by atomic mass is 9.95. The Morgan fingerprint density at radius 1 is 1.00 bits per heavy atom. The molecule has 1 aromatic carbocycles. The third-order valence-electron chi connectivity index (χ3n) is 6.83. The maximum Gasteiger partial charge on any atom is 0.256 e. The Kier molecular flexibility index (Phi) is 6.35. The summed E-state index contributed by atoms with van der Waals surface area (Å²) in [5.74, 6) is 0.587. The molecule has 1 aromatic heterocycles. The predicted molar refractivity (Wildman–Crippen MR) is 122 cm³/mol. The van der Waals surface area contributed by atoms with Gasteiger partial charge < -0.3 is 19.5 Å². The fraction of sp³-hybridized carbons (Fsp3) is 0.520. The van der Waals surface area contributed by atoms with E-state index in [4.69, 9.17) is 4.74 Å². The number of anilines is 1. The highest BCUT2D eigenvalue weighted by molar-refractivity contribution is 6.02. The Morgan fingerprint density at radius 2 is 1.71 bits per heavy atom. The lowest BCUT2D eigenvalue weighted by Crippen LogP contribution is -2.43. The first kappa shape index (κ1) is 21.5. The summed E-state index contributed by atoms with van der Waals surface area (Å²) in [4.78, 5) is 28.2. The van der Waals surface area contributed by atoms with Crippen LogP contribution in [0.1, 0.15) is 72.7 Å². The highest BCUT2D eigenvalue weighted by Gasteiger charge is 2.36.